The quantitative estimate of drug-likeness (QED) is 0.589. The van der Waals surface area contributed by atoms with Crippen molar-refractivity contribution in [1.82, 2.24) is 10.6 Å². The maximum Gasteiger partial charge on any atom is 0.226 e. The van der Waals surface area contributed by atoms with Gasteiger partial charge in [0.15, 0.2) is 0 Å². The van der Waals surface area contributed by atoms with Gasteiger partial charge in [0.25, 0.3) is 0 Å². The summed E-state index contributed by atoms with van der Waals surface area (Å²) in [7, 11) is 1.66. The minimum absolute atomic E-state index is 0.0597. The summed E-state index contributed by atoms with van der Waals surface area (Å²) in [6, 6.07) is 0. The van der Waals surface area contributed by atoms with E-state index in [2.05, 4.69) is 17.6 Å². The van der Waals surface area contributed by atoms with Crippen LogP contribution in [0, 0.1) is 5.41 Å². The third-order valence-electron chi connectivity index (χ3n) is 2.18. The summed E-state index contributed by atoms with van der Waals surface area (Å²) in [5.41, 5.74) is -0.362. The molecule has 0 saturated heterocycles. The molecule has 0 aromatic carbocycles. The van der Waals surface area contributed by atoms with E-state index in [0.717, 1.165) is 19.6 Å². The molecule has 15 heavy (non-hydrogen) atoms. The Balaban J connectivity index is 3.53. The minimum atomic E-state index is -0.362. The van der Waals surface area contributed by atoms with E-state index in [4.69, 9.17) is 4.74 Å². The second-order valence-electron chi connectivity index (χ2n) is 4.25. The molecule has 4 nitrogen and oxygen atoms in total. The van der Waals surface area contributed by atoms with Crippen molar-refractivity contribution in [3.63, 3.8) is 0 Å². The van der Waals surface area contributed by atoms with Crippen molar-refractivity contribution in [2.45, 2.75) is 27.2 Å². The zero-order valence-electron chi connectivity index (χ0n) is 10.4. The van der Waals surface area contributed by atoms with Crippen molar-refractivity contribution in [2.75, 3.05) is 33.4 Å². The zero-order valence-corrected chi connectivity index (χ0v) is 10.4. The Morgan fingerprint density at radius 3 is 2.53 bits per heavy atom. The number of ether oxygens (including phenoxy) is 1. The van der Waals surface area contributed by atoms with Crippen LogP contribution in [0.3, 0.4) is 0 Å². The summed E-state index contributed by atoms with van der Waals surface area (Å²) in [4.78, 5) is 11.4. The molecule has 1 amide bonds. The molecule has 0 fully saturated rings. The minimum Gasteiger partial charge on any atom is -0.380 e. The van der Waals surface area contributed by atoms with Crippen LogP contribution in [0.5, 0.6) is 0 Å². The number of carbonyl (C=O) groups is 1. The first-order chi connectivity index (χ1) is 7.04. The molecule has 0 aliphatic heterocycles. The van der Waals surface area contributed by atoms with Crippen LogP contribution in [0.25, 0.3) is 0 Å². The van der Waals surface area contributed by atoms with Crippen molar-refractivity contribution in [3.05, 3.63) is 0 Å². The van der Waals surface area contributed by atoms with Gasteiger partial charge in [0.05, 0.1) is 12.0 Å². The number of amides is 1. The predicted molar refractivity (Wildman–Crippen MR) is 61.8 cm³/mol. The number of rotatable bonds is 8. The lowest BCUT2D eigenvalue weighted by Gasteiger charge is -2.22. The topological polar surface area (TPSA) is 50.4 Å². The molecule has 0 saturated carbocycles. The summed E-state index contributed by atoms with van der Waals surface area (Å²) in [6.07, 6.45) is 1.05. The largest absolute Gasteiger partial charge is 0.380 e. The molecule has 2 N–H and O–H groups in total. The van der Waals surface area contributed by atoms with E-state index in [9.17, 15) is 4.79 Å². The van der Waals surface area contributed by atoms with E-state index in [0.29, 0.717) is 13.2 Å². The van der Waals surface area contributed by atoms with Crippen LogP contribution < -0.4 is 10.6 Å². The van der Waals surface area contributed by atoms with Gasteiger partial charge in [-0.05, 0) is 20.3 Å². The molecule has 0 unspecified atom stereocenters. The Morgan fingerprint density at radius 1 is 1.33 bits per heavy atom. The number of hydrogen-bond donors (Lipinski definition) is 2. The predicted octanol–water partition coefficient (Wildman–Crippen LogP) is 0.775. The Kier molecular flexibility index (Phi) is 7.34. The molecule has 90 valence electrons. The molecule has 0 heterocycles. The van der Waals surface area contributed by atoms with Gasteiger partial charge in [0, 0.05) is 26.7 Å². The Bertz CT molecular complexity index is 181. The lowest BCUT2D eigenvalue weighted by molar-refractivity contribution is -0.128. The van der Waals surface area contributed by atoms with Crippen molar-refractivity contribution in [2.24, 2.45) is 5.41 Å². The van der Waals surface area contributed by atoms with E-state index in [-0.39, 0.29) is 11.3 Å². The normalized spacial score (nSPS) is 11.5. The maximum absolute atomic E-state index is 11.4. The van der Waals surface area contributed by atoms with Crippen LogP contribution in [-0.4, -0.2) is 39.3 Å². The number of carbonyl (C=O) groups excluding carboxylic acids is 1. The standard InChI is InChI=1S/C11H24N2O2/c1-5-7-15-8-6-13-9-11(2,3)10(14)12-4/h13H,5-9H2,1-4H3,(H,12,14). The molecule has 0 bridgehead atoms. The summed E-state index contributed by atoms with van der Waals surface area (Å²) < 4.78 is 5.32. The highest BCUT2D eigenvalue weighted by atomic mass is 16.5. The average Bonchev–Trinajstić information content (AvgIpc) is 2.22. The Hall–Kier alpha value is -0.610. The molecule has 0 aliphatic carbocycles. The van der Waals surface area contributed by atoms with Crippen molar-refractivity contribution >= 4 is 5.91 Å². The van der Waals surface area contributed by atoms with Crippen LogP contribution >= 0.6 is 0 Å². The fraction of sp³-hybridized carbons (Fsp3) is 0.909. The number of hydrogen-bond acceptors (Lipinski definition) is 3. The molecule has 0 radical (unpaired) electrons. The molecule has 0 atom stereocenters. The second-order valence-corrected chi connectivity index (χ2v) is 4.25. The fourth-order valence-electron chi connectivity index (χ4n) is 1.21. The van der Waals surface area contributed by atoms with Crippen LogP contribution in [0.4, 0.5) is 0 Å². The van der Waals surface area contributed by atoms with E-state index >= 15 is 0 Å². The van der Waals surface area contributed by atoms with E-state index in [1.54, 1.807) is 7.05 Å². The van der Waals surface area contributed by atoms with Gasteiger partial charge in [-0.25, -0.2) is 0 Å². The lowest BCUT2D eigenvalue weighted by atomic mass is 9.92. The molecular formula is C11H24N2O2. The first-order valence-electron chi connectivity index (χ1n) is 5.55. The van der Waals surface area contributed by atoms with Gasteiger partial charge in [-0.1, -0.05) is 6.92 Å². The van der Waals surface area contributed by atoms with Gasteiger partial charge in [-0.15, -0.1) is 0 Å². The second kappa shape index (κ2) is 7.65. The highest BCUT2D eigenvalue weighted by molar-refractivity contribution is 5.81. The van der Waals surface area contributed by atoms with E-state index in [1.165, 1.54) is 0 Å². The molecule has 4 heteroatoms. The summed E-state index contributed by atoms with van der Waals surface area (Å²) in [5.74, 6) is 0.0597. The molecule has 0 spiro atoms. The molecule has 0 aromatic heterocycles. The van der Waals surface area contributed by atoms with E-state index in [1.807, 2.05) is 13.8 Å². The third kappa shape index (κ3) is 6.47. The van der Waals surface area contributed by atoms with Gasteiger partial charge < -0.3 is 15.4 Å². The first kappa shape index (κ1) is 14.4. The van der Waals surface area contributed by atoms with Crippen LogP contribution in [0.1, 0.15) is 27.2 Å². The van der Waals surface area contributed by atoms with Crippen molar-refractivity contribution in [1.29, 1.82) is 0 Å². The van der Waals surface area contributed by atoms with E-state index < -0.39 is 0 Å². The molecule has 0 rings (SSSR count). The molecule has 0 aliphatic rings. The average molecular weight is 216 g/mol. The van der Waals surface area contributed by atoms with Crippen molar-refractivity contribution in [3.8, 4) is 0 Å². The van der Waals surface area contributed by atoms with Crippen LogP contribution in [-0.2, 0) is 9.53 Å². The van der Waals surface area contributed by atoms with Crippen LogP contribution in [0.15, 0.2) is 0 Å². The number of nitrogens with one attached hydrogen (secondary N) is 2. The Morgan fingerprint density at radius 2 is 2.00 bits per heavy atom. The fourth-order valence-corrected chi connectivity index (χ4v) is 1.21. The lowest BCUT2D eigenvalue weighted by Crippen LogP contribution is -2.42. The Labute approximate surface area is 92.8 Å². The van der Waals surface area contributed by atoms with Crippen LogP contribution in [0.2, 0.25) is 0 Å². The summed E-state index contributed by atoms with van der Waals surface area (Å²) >= 11 is 0. The van der Waals surface area contributed by atoms with Gasteiger partial charge >= 0.3 is 0 Å². The first-order valence-corrected chi connectivity index (χ1v) is 5.55. The highest BCUT2D eigenvalue weighted by Crippen LogP contribution is 2.12. The zero-order chi connectivity index (χ0) is 11.7. The molecular weight excluding hydrogens is 192 g/mol. The van der Waals surface area contributed by atoms with Gasteiger partial charge in [0.2, 0.25) is 5.91 Å². The summed E-state index contributed by atoms with van der Waals surface area (Å²) in [6.45, 7) is 8.90. The SMILES string of the molecule is CCCOCCNCC(C)(C)C(=O)NC. The summed E-state index contributed by atoms with van der Waals surface area (Å²) in [5, 5.41) is 5.87. The maximum atomic E-state index is 11.4. The monoisotopic (exact) mass is 216 g/mol. The van der Waals surface area contributed by atoms with Gasteiger partial charge in [0.1, 0.15) is 0 Å². The highest BCUT2D eigenvalue weighted by Gasteiger charge is 2.25. The smallest absolute Gasteiger partial charge is 0.226 e. The van der Waals surface area contributed by atoms with Gasteiger partial charge in [-0.3, -0.25) is 4.79 Å². The van der Waals surface area contributed by atoms with Gasteiger partial charge in [-0.2, -0.15) is 0 Å². The van der Waals surface area contributed by atoms with Crippen molar-refractivity contribution < 1.29 is 9.53 Å². The molecule has 0 aromatic rings. The third-order valence-corrected chi connectivity index (χ3v) is 2.18.